The zero-order valence-electron chi connectivity index (χ0n) is 11.3. The lowest BCUT2D eigenvalue weighted by Gasteiger charge is -2.02. The largest absolute Gasteiger partial charge is 0.477 e. The minimum Gasteiger partial charge on any atom is -0.477 e. The Bertz CT molecular complexity index is 1100. The summed E-state index contributed by atoms with van der Waals surface area (Å²) >= 11 is 1.36. The summed E-state index contributed by atoms with van der Waals surface area (Å²) in [7, 11) is 0. The number of H-pyrrole nitrogens is 1. The van der Waals surface area contributed by atoms with Crippen LogP contribution >= 0.6 is 11.3 Å². The van der Waals surface area contributed by atoms with Gasteiger partial charge >= 0.3 is 11.7 Å². The van der Waals surface area contributed by atoms with Gasteiger partial charge in [0.1, 0.15) is 0 Å². The van der Waals surface area contributed by atoms with E-state index in [9.17, 15) is 14.7 Å². The maximum Gasteiger partial charge on any atom is 0.417 e. The van der Waals surface area contributed by atoms with E-state index in [2.05, 4.69) is 9.97 Å². The fraction of sp³-hybridized carbons (Fsp3) is 0.0714. The van der Waals surface area contributed by atoms with Crippen molar-refractivity contribution in [2.45, 2.75) is 6.92 Å². The van der Waals surface area contributed by atoms with E-state index < -0.39 is 11.7 Å². The number of nitrogens with one attached hydrogen (secondary N) is 1. The molecule has 4 aromatic rings. The van der Waals surface area contributed by atoms with Gasteiger partial charge in [0.25, 0.3) is 0 Å². The first-order valence-electron chi connectivity index (χ1n) is 6.37. The number of oxazole rings is 1. The van der Waals surface area contributed by atoms with E-state index in [4.69, 9.17) is 4.42 Å². The van der Waals surface area contributed by atoms with Gasteiger partial charge in [-0.2, -0.15) is 0 Å². The Labute approximate surface area is 126 Å². The average Bonchev–Trinajstić information content (AvgIpc) is 3.08. The molecule has 0 atom stereocenters. The van der Waals surface area contributed by atoms with Crippen LogP contribution in [0.25, 0.3) is 27.3 Å². The molecule has 2 N–H and O–H groups in total. The van der Waals surface area contributed by atoms with Crippen LogP contribution in [0.4, 0.5) is 0 Å². The molecule has 0 aliphatic heterocycles. The number of hydrogen-bond donors (Lipinski definition) is 2. The Morgan fingerprint density at radius 3 is 3.05 bits per heavy atom. The summed E-state index contributed by atoms with van der Waals surface area (Å²) in [5.41, 5.74) is 3.08. The summed E-state index contributed by atoms with van der Waals surface area (Å²) in [6.07, 6.45) is 0. The molecule has 0 bridgehead atoms. The van der Waals surface area contributed by atoms with Crippen LogP contribution < -0.4 is 5.76 Å². The van der Waals surface area contributed by atoms with Gasteiger partial charge in [0.2, 0.25) is 0 Å². The fourth-order valence-electron chi connectivity index (χ4n) is 2.52. The van der Waals surface area contributed by atoms with Crippen molar-refractivity contribution >= 4 is 33.4 Å². The van der Waals surface area contributed by atoms with Gasteiger partial charge in [-0.15, -0.1) is 11.3 Å². The van der Waals surface area contributed by atoms with Gasteiger partial charge in [0.05, 0.1) is 16.9 Å². The first-order chi connectivity index (χ1) is 10.5. The van der Waals surface area contributed by atoms with Gasteiger partial charge in [0.15, 0.2) is 16.2 Å². The number of carboxylic acids is 1. The zero-order chi connectivity index (χ0) is 15.4. The van der Waals surface area contributed by atoms with Gasteiger partial charge < -0.3 is 9.52 Å². The number of aromatic nitrogens is 3. The molecule has 0 fully saturated rings. The maximum absolute atomic E-state index is 11.5. The Morgan fingerprint density at radius 2 is 2.27 bits per heavy atom. The molecule has 0 saturated carbocycles. The summed E-state index contributed by atoms with van der Waals surface area (Å²) in [4.78, 5) is 30.2. The van der Waals surface area contributed by atoms with Crippen molar-refractivity contribution < 1.29 is 14.3 Å². The molecule has 22 heavy (non-hydrogen) atoms. The van der Waals surface area contributed by atoms with Crippen molar-refractivity contribution in [3.8, 4) is 11.3 Å². The second-order valence-corrected chi connectivity index (χ2v) is 5.65. The minimum absolute atomic E-state index is 0.141. The highest BCUT2D eigenvalue weighted by Crippen LogP contribution is 2.30. The summed E-state index contributed by atoms with van der Waals surface area (Å²) in [6, 6.07) is 5.23. The third-order valence-corrected chi connectivity index (χ3v) is 4.28. The van der Waals surface area contributed by atoms with Crippen LogP contribution in [0.5, 0.6) is 0 Å². The highest BCUT2D eigenvalue weighted by atomic mass is 32.1. The van der Waals surface area contributed by atoms with Crippen LogP contribution in [-0.2, 0) is 0 Å². The Hall–Kier alpha value is -2.87. The molecule has 0 radical (unpaired) electrons. The second-order valence-electron chi connectivity index (χ2n) is 4.82. The van der Waals surface area contributed by atoms with Gasteiger partial charge in [-0.1, -0.05) is 6.07 Å². The summed E-state index contributed by atoms with van der Waals surface area (Å²) in [6.45, 7) is 1.67. The van der Waals surface area contributed by atoms with E-state index in [1.165, 1.54) is 11.3 Å². The lowest BCUT2D eigenvalue weighted by molar-refractivity contribution is 0.0688. The predicted molar refractivity (Wildman–Crippen MR) is 80.6 cm³/mol. The average molecular weight is 315 g/mol. The van der Waals surface area contributed by atoms with Crippen LogP contribution in [0.2, 0.25) is 0 Å². The van der Waals surface area contributed by atoms with Crippen LogP contribution in [0, 0.1) is 6.92 Å². The molecule has 0 amide bonds. The number of hydrogen-bond acceptors (Lipinski definition) is 5. The first-order valence-corrected chi connectivity index (χ1v) is 7.25. The monoisotopic (exact) mass is 315 g/mol. The van der Waals surface area contributed by atoms with Crippen LogP contribution in [0.3, 0.4) is 0 Å². The van der Waals surface area contributed by atoms with Gasteiger partial charge in [-0.3, -0.25) is 9.38 Å². The molecule has 0 aliphatic rings. The molecule has 0 unspecified atom stereocenters. The Balaban J connectivity index is 2.03. The minimum atomic E-state index is -1.03. The number of thiazole rings is 1. The van der Waals surface area contributed by atoms with E-state index in [0.29, 0.717) is 27.4 Å². The Kier molecular flexibility index (Phi) is 2.52. The summed E-state index contributed by atoms with van der Waals surface area (Å²) < 4.78 is 6.66. The number of imidazole rings is 1. The van der Waals surface area contributed by atoms with Crippen LogP contribution in [-0.4, -0.2) is 25.4 Å². The third-order valence-electron chi connectivity index (χ3n) is 3.46. The molecule has 110 valence electrons. The number of aryl methyl sites for hydroxylation is 1. The highest BCUT2D eigenvalue weighted by Gasteiger charge is 2.20. The van der Waals surface area contributed by atoms with Crippen molar-refractivity contribution in [3.05, 3.63) is 45.5 Å². The number of fused-ring (bicyclic) bond motifs is 2. The van der Waals surface area contributed by atoms with Crippen molar-refractivity contribution in [2.24, 2.45) is 0 Å². The highest BCUT2D eigenvalue weighted by molar-refractivity contribution is 7.15. The van der Waals surface area contributed by atoms with Crippen molar-refractivity contribution in [1.82, 2.24) is 14.4 Å². The standard InChI is InChI=1S/C14H9N3O4S/c1-6-11(12(18)19)17-9(5-22-13(17)15-6)7-2-3-8-10(4-7)21-14(20)16-8/h2-5H,1H3,(H,16,20)(H,18,19). The lowest BCUT2D eigenvalue weighted by Crippen LogP contribution is -2.04. The van der Waals surface area contributed by atoms with E-state index >= 15 is 0 Å². The third kappa shape index (κ3) is 1.70. The molecule has 0 aliphatic carbocycles. The molecule has 3 heterocycles. The molecular formula is C14H9N3O4S. The summed E-state index contributed by atoms with van der Waals surface area (Å²) in [5, 5.41) is 11.2. The van der Waals surface area contributed by atoms with Crippen molar-refractivity contribution in [2.75, 3.05) is 0 Å². The van der Waals surface area contributed by atoms with E-state index in [0.717, 1.165) is 5.56 Å². The number of aromatic amines is 1. The van der Waals surface area contributed by atoms with E-state index in [-0.39, 0.29) is 5.69 Å². The molecule has 3 aromatic heterocycles. The van der Waals surface area contributed by atoms with Gasteiger partial charge in [-0.25, -0.2) is 14.6 Å². The number of carbonyl (C=O) groups is 1. The second kappa shape index (κ2) is 4.31. The molecule has 4 rings (SSSR count). The first kappa shape index (κ1) is 12.8. The number of nitrogens with zero attached hydrogens (tertiary/aromatic N) is 2. The zero-order valence-corrected chi connectivity index (χ0v) is 12.1. The van der Waals surface area contributed by atoms with Crippen LogP contribution in [0.15, 0.2) is 32.8 Å². The number of carboxylic acid groups (broad SMARTS) is 1. The quantitative estimate of drug-likeness (QED) is 0.592. The van der Waals surface area contributed by atoms with Crippen LogP contribution in [0.1, 0.15) is 16.2 Å². The summed E-state index contributed by atoms with van der Waals surface area (Å²) in [5.74, 6) is -1.55. The fourth-order valence-corrected chi connectivity index (χ4v) is 3.46. The maximum atomic E-state index is 11.5. The van der Waals surface area contributed by atoms with E-state index in [1.807, 2.05) is 5.38 Å². The van der Waals surface area contributed by atoms with Crippen molar-refractivity contribution in [1.29, 1.82) is 0 Å². The molecule has 8 heteroatoms. The Morgan fingerprint density at radius 1 is 1.45 bits per heavy atom. The topological polar surface area (TPSA) is 101 Å². The van der Waals surface area contributed by atoms with Gasteiger partial charge in [0, 0.05) is 10.9 Å². The van der Waals surface area contributed by atoms with Gasteiger partial charge in [-0.05, 0) is 19.1 Å². The number of benzene rings is 1. The molecule has 7 nitrogen and oxygen atoms in total. The number of rotatable bonds is 2. The SMILES string of the molecule is Cc1nc2scc(-c3ccc4[nH]c(=O)oc4c3)n2c1C(=O)O. The lowest BCUT2D eigenvalue weighted by atomic mass is 10.1. The number of aromatic carboxylic acids is 1. The van der Waals surface area contributed by atoms with E-state index in [1.54, 1.807) is 29.5 Å². The molecule has 1 aromatic carbocycles. The smallest absolute Gasteiger partial charge is 0.417 e. The van der Waals surface area contributed by atoms with Crippen molar-refractivity contribution in [3.63, 3.8) is 0 Å². The molecule has 0 spiro atoms. The molecular weight excluding hydrogens is 306 g/mol. The molecule has 0 saturated heterocycles. The predicted octanol–water partition coefficient (Wildman–Crippen LogP) is 2.50. The normalized spacial score (nSPS) is 11.5.